The first-order chi connectivity index (χ1) is 14.2. The summed E-state index contributed by atoms with van der Waals surface area (Å²) in [5.41, 5.74) is 3.58. The highest BCUT2D eigenvalue weighted by Crippen LogP contribution is 2.21. The van der Waals surface area contributed by atoms with E-state index < -0.39 is 0 Å². The van der Waals surface area contributed by atoms with E-state index in [1.54, 1.807) is 10.9 Å². The van der Waals surface area contributed by atoms with Crippen LogP contribution < -0.4 is 5.32 Å². The molecule has 0 aliphatic carbocycles. The van der Waals surface area contributed by atoms with Crippen molar-refractivity contribution in [3.05, 3.63) is 71.8 Å². The lowest BCUT2D eigenvalue weighted by Crippen LogP contribution is -2.48. The van der Waals surface area contributed by atoms with Crippen molar-refractivity contribution in [2.75, 3.05) is 26.7 Å². The number of aliphatic imine (C=N–C) groups is 1. The molecule has 0 saturated carbocycles. The summed E-state index contributed by atoms with van der Waals surface area (Å²) in [6.07, 6.45) is 7.67. The number of nitrogens with one attached hydrogen (secondary N) is 1. The Morgan fingerprint density at radius 3 is 2.77 bits per heavy atom. The van der Waals surface area contributed by atoms with E-state index in [9.17, 15) is 0 Å². The van der Waals surface area contributed by atoms with Gasteiger partial charge in [0.1, 0.15) is 6.10 Å². The number of aromatic nitrogens is 4. The molecular weight excluding hydrogens is 493 g/mol. The van der Waals surface area contributed by atoms with Crippen molar-refractivity contribution in [3.63, 3.8) is 0 Å². The van der Waals surface area contributed by atoms with Crippen LogP contribution in [0.1, 0.15) is 22.8 Å². The maximum absolute atomic E-state index is 5.96. The zero-order chi connectivity index (χ0) is 20.1. The molecule has 1 saturated heterocycles. The van der Waals surface area contributed by atoms with Gasteiger partial charge in [0.15, 0.2) is 5.96 Å². The second-order valence-electron chi connectivity index (χ2n) is 7.13. The second-order valence-corrected chi connectivity index (χ2v) is 7.13. The Morgan fingerprint density at radius 2 is 2.07 bits per heavy atom. The first-order valence-electron chi connectivity index (χ1n) is 9.83. The summed E-state index contributed by atoms with van der Waals surface area (Å²) < 4.78 is 9.70. The molecule has 1 unspecified atom stereocenters. The molecule has 1 aromatic carbocycles. The Labute approximate surface area is 194 Å². The number of hydrogen-bond acceptors (Lipinski definition) is 4. The van der Waals surface area contributed by atoms with E-state index in [4.69, 9.17) is 4.74 Å². The third-order valence-electron chi connectivity index (χ3n) is 5.12. The highest BCUT2D eigenvalue weighted by Gasteiger charge is 2.25. The van der Waals surface area contributed by atoms with Crippen molar-refractivity contribution in [1.29, 1.82) is 0 Å². The molecule has 160 valence electrons. The van der Waals surface area contributed by atoms with Crippen LogP contribution in [0.2, 0.25) is 0 Å². The summed E-state index contributed by atoms with van der Waals surface area (Å²) in [4.78, 5) is 6.75. The van der Waals surface area contributed by atoms with Gasteiger partial charge < -0.3 is 15.0 Å². The van der Waals surface area contributed by atoms with Crippen LogP contribution in [0.4, 0.5) is 0 Å². The van der Waals surface area contributed by atoms with E-state index in [2.05, 4.69) is 49.7 Å². The number of aryl methyl sites for hydroxylation is 1. The molecule has 3 heterocycles. The molecule has 1 aliphatic rings. The van der Waals surface area contributed by atoms with E-state index in [1.165, 1.54) is 11.1 Å². The van der Waals surface area contributed by atoms with Crippen molar-refractivity contribution in [2.24, 2.45) is 12.0 Å². The molecule has 1 N–H and O–H groups in total. The third kappa shape index (κ3) is 5.39. The number of hydrogen-bond donors (Lipinski definition) is 1. The minimum absolute atomic E-state index is 0. The van der Waals surface area contributed by atoms with E-state index in [0.717, 1.165) is 31.2 Å². The van der Waals surface area contributed by atoms with Crippen molar-refractivity contribution < 1.29 is 4.74 Å². The molecule has 8 nitrogen and oxygen atoms in total. The summed E-state index contributed by atoms with van der Waals surface area (Å²) >= 11 is 0. The average Bonchev–Trinajstić information content (AvgIpc) is 3.42. The Kier molecular flexibility index (Phi) is 7.86. The van der Waals surface area contributed by atoms with Gasteiger partial charge in [-0.1, -0.05) is 24.3 Å². The molecule has 30 heavy (non-hydrogen) atoms. The summed E-state index contributed by atoms with van der Waals surface area (Å²) in [6, 6.07) is 10.4. The van der Waals surface area contributed by atoms with Gasteiger partial charge in [-0.05, 0) is 17.2 Å². The molecule has 0 amide bonds. The lowest BCUT2D eigenvalue weighted by molar-refractivity contribution is -0.00805. The molecule has 0 spiro atoms. The van der Waals surface area contributed by atoms with E-state index >= 15 is 0 Å². The molecule has 9 heteroatoms. The Morgan fingerprint density at radius 1 is 1.23 bits per heavy atom. The van der Waals surface area contributed by atoms with Gasteiger partial charge in [-0.25, -0.2) is 0 Å². The third-order valence-corrected chi connectivity index (χ3v) is 5.12. The van der Waals surface area contributed by atoms with Crippen molar-refractivity contribution in [3.8, 4) is 0 Å². The van der Waals surface area contributed by atoms with E-state index in [0.29, 0.717) is 13.2 Å². The fourth-order valence-corrected chi connectivity index (χ4v) is 3.61. The molecule has 1 aliphatic heterocycles. The fourth-order valence-electron chi connectivity index (χ4n) is 3.61. The quantitative estimate of drug-likeness (QED) is 0.317. The van der Waals surface area contributed by atoms with Gasteiger partial charge in [0.2, 0.25) is 0 Å². The van der Waals surface area contributed by atoms with Gasteiger partial charge >= 0.3 is 0 Å². The van der Waals surface area contributed by atoms with Crippen molar-refractivity contribution in [2.45, 2.75) is 19.2 Å². The number of ether oxygens (including phenoxy) is 1. The Bertz CT molecular complexity index is 954. The predicted octanol–water partition coefficient (Wildman–Crippen LogP) is 2.43. The van der Waals surface area contributed by atoms with Crippen LogP contribution in [0.25, 0.3) is 0 Å². The number of halogens is 1. The van der Waals surface area contributed by atoms with Crippen LogP contribution in [0.3, 0.4) is 0 Å². The van der Waals surface area contributed by atoms with Crippen LogP contribution in [0.5, 0.6) is 0 Å². The molecular formula is C21H28IN7O. The fraction of sp³-hybridized carbons (Fsp3) is 0.381. The molecule has 4 rings (SSSR count). The lowest BCUT2D eigenvalue weighted by atomic mass is 10.1. The average molecular weight is 521 g/mol. The van der Waals surface area contributed by atoms with Gasteiger partial charge in [0.25, 0.3) is 0 Å². The first kappa shape index (κ1) is 22.3. The number of morpholine rings is 1. The monoisotopic (exact) mass is 521 g/mol. The first-order valence-corrected chi connectivity index (χ1v) is 9.83. The summed E-state index contributed by atoms with van der Waals surface area (Å²) in [5.74, 6) is 0.885. The van der Waals surface area contributed by atoms with Crippen LogP contribution in [-0.4, -0.2) is 57.2 Å². The molecule has 0 bridgehead atoms. The SMILES string of the molecule is CN=C(NCc1ccccc1Cn1cccn1)N1CCOC(c2cnn(C)c2)C1.I. The zero-order valence-electron chi connectivity index (χ0n) is 17.3. The van der Waals surface area contributed by atoms with Gasteiger partial charge in [0.05, 0.1) is 25.9 Å². The topological polar surface area (TPSA) is 72.5 Å². The summed E-state index contributed by atoms with van der Waals surface area (Å²) in [7, 11) is 3.75. The number of guanidine groups is 1. The molecule has 3 aromatic rings. The molecule has 0 radical (unpaired) electrons. The maximum Gasteiger partial charge on any atom is 0.194 e. The molecule has 2 aromatic heterocycles. The Hall–Kier alpha value is -2.40. The van der Waals surface area contributed by atoms with Crippen molar-refractivity contribution >= 4 is 29.9 Å². The minimum Gasteiger partial charge on any atom is -0.370 e. The second kappa shape index (κ2) is 10.6. The number of nitrogens with zero attached hydrogens (tertiary/aromatic N) is 6. The number of benzene rings is 1. The molecule has 1 fully saturated rings. The van der Waals surface area contributed by atoms with Crippen LogP contribution in [-0.2, 0) is 24.9 Å². The minimum atomic E-state index is 0. The zero-order valence-corrected chi connectivity index (χ0v) is 19.6. The maximum atomic E-state index is 5.96. The highest BCUT2D eigenvalue weighted by molar-refractivity contribution is 14.0. The summed E-state index contributed by atoms with van der Waals surface area (Å²) in [5, 5.41) is 12.1. The van der Waals surface area contributed by atoms with E-state index in [-0.39, 0.29) is 30.1 Å². The lowest BCUT2D eigenvalue weighted by Gasteiger charge is -2.34. The van der Waals surface area contributed by atoms with Gasteiger partial charge in [-0.2, -0.15) is 10.2 Å². The Balaban J connectivity index is 0.00000256. The predicted molar refractivity (Wildman–Crippen MR) is 127 cm³/mol. The van der Waals surface area contributed by atoms with Crippen molar-refractivity contribution in [1.82, 2.24) is 29.8 Å². The largest absolute Gasteiger partial charge is 0.370 e. The van der Waals surface area contributed by atoms with Gasteiger partial charge in [0, 0.05) is 51.3 Å². The van der Waals surface area contributed by atoms with E-state index in [1.807, 2.05) is 43.4 Å². The van der Waals surface area contributed by atoms with Crippen LogP contribution in [0.15, 0.2) is 60.1 Å². The standard InChI is InChI=1S/C21H27N7O.HI/c1-22-21(27-10-11-29-20(16-27)19-13-25-26(2)14-19)23-12-17-6-3-4-7-18(17)15-28-9-5-8-24-28;/h3-9,13-14,20H,10-12,15-16H2,1-2H3,(H,22,23);1H. The summed E-state index contributed by atoms with van der Waals surface area (Å²) in [6.45, 7) is 3.69. The highest BCUT2D eigenvalue weighted by atomic mass is 127. The number of rotatable bonds is 5. The van der Waals surface area contributed by atoms with Gasteiger partial charge in [-0.3, -0.25) is 14.4 Å². The molecule has 1 atom stereocenters. The van der Waals surface area contributed by atoms with Gasteiger partial charge in [-0.15, -0.1) is 24.0 Å². The smallest absolute Gasteiger partial charge is 0.194 e. The van der Waals surface area contributed by atoms with Crippen LogP contribution >= 0.6 is 24.0 Å². The van der Waals surface area contributed by atoms with Crippen LogP contribution in [0, 0.1) is 0 Å². The normalized spacial score (nSPS) is 16.9.